The molecule has 10 heterocycles. The molecule has 0 saturated carbocycles. The zero-order chi connectivity index (χ0) is 74.8. The zero-order valence-corrected chi connectivity index (χ0v) is 78.4. The van der Waals surface area contributed by atoms with E-state index in [0.29, 0.717) is 57.0 Å². The van der Waals surface area contributed by atoms with Crippen molar-refractivity contribution in [1.29, 1.82) is 0 Å². The second-order valence-corrected chi connectivity index (χ2v) is 88.8. The Morgan fingerprint density at radius 2 is 0.186 bits per heavy atom. The van der Waals surface area contributed by atoms with Gasteiger partial charge in [-0.3, -0.25) is 0 Å². The third-order valence-electron chi connectivity index (χ3n) is 21.2. The van der Waals surface area contributed by atoms with Crippen LogP contribution in [0, 0.1) is 128 Å². The Morgan fingerprint density at radius 1 is 0.127 bits per heavy atom. The molecule has 102 heavy (non-hydrogen) atoms. The normalized spacial score (nSPS) is 15.4. The standard InChI is InChI=1S/C96H108Ge6/c1-73(2)97(74(3)4)61-49-85-25-29-87(30-26-85)51-63-98(75(5)6,76(7)8)65-53-89-33-37-91(38-34-89)55-67-100(79(13)14,80(15)16)69-57-93-41-45-95(46-42-93)59-71-102(83(21)22,84(23)24)72-60-96-47-43-94(44-48-96)58-70-101(81(17)18,82(19)20)68-56-92-39-35-90(36-40-92)54-66-99(77(9)10,78(11)12)64-52-88-31-27-86(28-32-88)50-62-97/h25-48,73-84H,1-24H3. The SMILES string of the molecule is C[CH](C)[Ge]1([CH](C)C)[C]#Cc2ccc(cc2)C#[C][Ge]([CH](C)C)([CH](C)C)[C]#Cc2ccc(cc2)C#[C][Ge]([CH](C)C)([CH](C)C)[C]#Cc2ccc(cc2)C#[C][Ge]([CH](C)C)([CH](C)C)[C]#Cc2ccc(cc2)C#[C][Ge]([CH](C)C)([CH](C)C)[C]#Cc2ccc(cc2)C#[C][Ge]([CH](C)C)([CH](C)C)[C]#Cc2ccc(cc2)C#[C]1. The molecule has 0 radical (unpaired) electrons. The maximum absolute atomic E-state index is 3.90. The molecule has 10 aliphatic heterocycles. The van der Waals surface area contributed by atoms with E-state index in [0.717, 1.165) is 66.8 Å². The fraction of sp³-hybridized carbons (Fsp3) is 0.375. The Balaban J connectivity index is 1.31. The summed E-state index contributed by atoms with van der Waals surface area (Å²) in [6.45, 7) is 55.6. The predicted molar refractivity (Wildman–Crippen MR) is 457 cm³/mol. The van der Waals surface area contributed by atoms with E-state index in [4.69, 9.17) is 0 Å². The van der Waals surface area contributed by atoms with Crippen LogP contribution in [0.1, 0.15) is 233 Å². The van der Waals surface area contributed by atoms with Crippen LogP contribution >= 0.6 is 0 Å². The van der Waals surface area contributed by atoms with Crippen molar-refractivity contribution in [3.05, 3.63) is 212 Å². The van der Waals surface area contributed by atoms with E-state index >= 15 is 0 Å². The molecule has 0 saturated heterocycles. The molecule has 0 aliphatic carbocycles. The molecule has 10 aliphatic rings. The van der Waals surface area contributed by atoms with Gasteiger partial charge in [0.25, 0.3) is 0 Å². The summed E-state index contributed by atoms with van der Waals surface area (Å²) in [4.78, 5) is 0. The molecule has 0 amide bonds. The molecule has 6 aromatic rings. The quantitative estimate of drug-likeness (QED) is 0.0846. The van der Waals surface area contributed by atoms with Crippen molar-refractivity contribution in [2.24, 2.45) is 0 Å². The molecule has 516 valence electrons. The van der Waals surface area contributed by atoms with Crippen LogP contribution in [0.15, 0.2) is 146 Å². The van der Waals surface area contributed by atoms with Gasteiger partial charge in [0.2, 0.25) is 0 Å². The van der Waals surface area contributed by atoms with Gasteiger partial charge in [-0.05, 0) is 0 Å². The first-order valence-electron chi connectivity index (χ1n) is 37.2. The molecular weight excluding hydrogens is 1590 g/mol. The van der Waals surface area contributed by atoms with Gasteiger partial charge in [-0.1, -0.05) is 0 Å². The van der Waals surface area contributed by atoms with Crippen LogP contribution in [0.5, 0.6) is 0 Å². The molecule has 12 bridgehead atoms. The topological polar surface area (TPSA) is 0 Å². The van der Waals surface area contributed by atoms with E-state index in [1.807, 2.05) is 0 Å². The summed E-state index contributed by atoms with van der Waals surface area (Å²) in [5, 5.41) is 0. The molecule has 0 nitrogen and oxygen atoms in total. The number of hydrogen-bond donors (Lipinski definition) is 0. The fourth-order valence-electron chi connectivity index (χ4n) is 13.6. The van der Waals surface area contributed by atoms with Gasteiger partial charge in [-0.2, -0.15) is 0 Å². The molecule has 0 aromatic heterocycles. The maximum atomic E-state index is 3.90. The first-order valence-corrected chi connectivity index (χ1v) is 64.4. The van der Waals surface area contributed by atoms with Crippen molar-refractivity contribution in [2.75, 3.05) is 0 Å². The third kappa shape index (κ3) is 20.4. The van der Waals surface area contributed by atoms with E-state index in [1.165, 1.54) is 0 Å². The molecule has 0 spiro atoms. The molecule has 6 heteroatoms. The third-order valence-corrected chi connectivity index (χ3v) is 80.6. The van der Waals surface area contributed by atoms with Crippen molar-refractivity contribution >= 4 is 79.6 Å². The van der Waals surface area contributed by atoms with Crippen LogP contribution in [0.2, 0.25) is 57.0 Å². The summed E-state index contributed by atoms with van der Waals surface area (Å²) in [6, 6.07) is 51.2. The van der Waals surface area contributed by atoms with Crippen molar-refractivity contribution in [1.82, 2.24) is 0 Å². The first kappa shape index (κ1) is 82.6. The molecule has 0 fully saturated rings. The van der Waals surface area contributed by atoms with Gasteiger partial charge in [0.1, 0.15) is 0 Å². The molecule has 16 rings (SSSR count). The second kappa shape index (κ2) is 36.8. The van der Waals surface area contributed by atoms with Crippen molar-refractivity contribution < 1.29 is 0 Å². The van der Waals surface area contributed by atoms with Crippen LogP contribution in [0.3, 0.4) is 0 Å². The van der Waals surface area contributed by atoms with Gasteiger partial charge >= 0.3 is 643 Å². The van der Waals surface area contributed by atoms with Gasteiger partial charge in [0, 0.05) is 0 Å². The predicted octanol–water partition coefficient (Wildman–Crippen LogP) is 22.5. The molecule has 0 N–H and O–H groups in total. The van der Waals surface area contributed by atoms with E-state index in [2.05, 4.69) is 440 Å². The number of hydrogen-bond acceptors (Lipinski definition) is 0. The van der Waals surface area contributed by atoms with E-state index in [-0.39, 0.29) is 0 Å². The first-order chi connectivity index (χ1) is 48.3. The molecule has 0 unspecified atom stereocenters. The van der Waals surface area contributed by atoms with Crippen LogP contribution in [0.25, 0.3) is 0 Å². The summed E-state index contributed by atoms with van der Waals surface area (Å²) < 4.78 is 51.3. The summed E-state index contributed by atoms with van der Waals surface area (Å²) in [5.74, 6) is 43.7. The monoisotopic (exact) mass is 1700 g/mol. The average Bonchev–Trinajstić information content (AvgIpc) is 0.834. The Morgan fingerprint density at radius 3 is 0.235 bits per heavy atom. The molecule has 6 aromatic carbocycles. The van der Waals surface area contributed by atoms with Gasteiger partial charge in [0.05, 0.1) is 0 Å². The van der Waals surface area contributed by atoms with Crippen LogP contribution in [-0.4, -0.2) is 79.6 Å². The Labute approximate surface area is 636 Å². The number of rotatable bonds is 12. The van der Waals surface area contributed by atoms with Gasteiger partial charge in [-0.15, -0.1) is 0 Å². The van der Waals surface area contributed by atoms with Crippen LogP contribution in [-0.2, 0) is 0 Å². The number of benzene rings is 6. The van der Waals surface area contributed by atoms with Gasteiger partial charge in [0.15, 0.2) is 0 Å². The van der Waals surface area contributed by atoms with Gasteiger partial charge in [-0.25, -0.2) is 0 Å². The zero-order valence-electron chi connectivity index (χ0n) is 65.8. The summed E-state index contributed by atoms with van der Waals surface area (Å²) in [5.41, 5.74) is 11.9. The van der Waals surface area contributed by atoms with Crippen molar-refractivity contribution in [3.8, 4) is 128 Å². The Hall–Kier alpha value is -6.70. The van der Waals surface area contributed by atoms with Crippen LogP contribution in [0.4, 0.5) is 0 Å². The summed E-state index contributed by atoms with van der Waals surface area (Å²) >= 11 is -18.7. The van der Waals surface area contributed by atoms with Crippen molar-refractivity contribution in [3.63, 3.8) is 0 Å². The van der Waals surface area contributed by atoms with E-state index < -0.39 is 79.6 Å². The van der Waals surface area contributed by atoms with Crippen LogP contribution < -0.4 is 0 Å². The van der Waals surface area contributed by atoms with Gasteiger partial charge < -0.3 is 0 Å². The summed E-state index contributed by atoms with van der Waals surface area (Å²) in [6.07, 6.45) is 0. The molecular formula is C96H108Ge6. The Bertz CT molecular complexity index is 3660. The van der Waals surface area contributed by atoms with E-state index in [1.54, 1.807) is 0 Å². The average molecular weight is 1700 g/mol. The molecule has 0 atom stereocenters. The Kier molecular flexibility index (Phi) is 29.8. The van der Waals surface area contributed by atoms with Crippen molar-refractivity contribution in [2.45, 2.75) is 223 Å². The summed E-state index contributed by atoms with van der Waals surface area (Å²) in [7, 11) is 0. The van der Waals surface area contributed by atoms with E-state index in [9.17, 15) is 0 Å². The minimum absolute atomic E-state index is 0.377. The fourth-order valence-corrected chi connectivity index (χ4v) is 54.5. The second-order valence-electron chi connectivity index (χ2n) is 31.5. The minimum atomic E-state index is -3.12.